The van der Waals surface area contributed by atoms with Crippen LogP contribution >= 0.6 is 0 Å². The van der Waals surface area contributed by atoms with Gasteiger partial charge in [0, 0.05) is 11.6 Å². The first-order valence-corrected chi connectivity index (χ1v) is 5.10. The quantitative estimate of drug-likeness (QED) is 0.748. The second-order valence-electron chi connectivity index (χ2n) is 3.90. The van der Waals surface area contributed by atoms with Crippen molar-refractivity contribution in [3.63, 3.8) is 0 Å². The van der Waals surface area contributed by atoms with E-state index >= 15 is 0 Å². The molecule has 3 rings (SSSR count). The van der Waals surface area contributed by atoms with Crippen LogP contribution in [0.15, 0.2) is 22.7 Å². The third-order valence-corrected chi connectivity index (χ3v) is 2.49. The van der Waals surface area contributed by atoms with Gasteiger partial charge in [-0.2, -0.15) is 4.98 Å². The average molecular weight is 201 g/mol. The maximum absolute atomic E-state index is 5.18. The maximum Gasteiger partial charge on any atom is 0.276 e. The first-order valence-electron chi connectivity index (χ1n) is 5.10. The van der Waals surface area contributed by atoms with Crippen molar-refractivity contribution >= 4 is 0 Å². The highest BCUT2D eigenvalue weighted by molar-refractivity contribution is 5.46. The van der Waals surface area contributed by atoms with Gasteiger partial charge in [-0.15, -0.1) is 0 Å². The lowest BCUT2D eigenvalue weighted by molar-refractivity contribution is 0.421. The van der Waals surface area contributed by atoms with E-state index in [1.807, 2.05) is 25.1 Å². The zero-order valence-corrected chi connectivity index (χ0v) is 8.47. The first kappa shape index (κ1) is 8.59. The molecule has 2 heterocycles. The third kappa shape index (κ3) is 1.63. The number of aromatic nitrogens is 3. The van der Waals surface area contributed by atoms with E-state index in [-0.39, 0.29) is 0 Å². The molecule has 2 aromatic heterocycles. The molecule has 1 saturated carbocycles. The molecule has 1 aliphatic carbocycles. The van der Waals surface area contributed by atoms with Gasteiger partial charge >= 0.3 is 0 Å². The van der Waals surface area contributed by atoms with Gasteiger partial charge in [-0.05, 0) is 31.9 Å². The first-order chi connectivity index (χ1) is 7.33. The van der Waals surface area contributed by atoms with Gasteiger partial charge in [0.1, 0.15) is 5.69 Å². The minimum atomic E-state index is 0.521. The second kappa shape index (κ2) is 3.15. The smallest absolute Gasteiger partial charge is 0.276 e. The molecule has 0 bridgehead atoms. The summed E-state index contributed by atoms with van der Waals surface area (Å²) in [7, 11) is 0. The van der Waals surface area contributed by atoms with E-state index in [4.69, 9.17) is 4.52 Å². The summed E-state index contributed by atoms with van der Waals surface area (Å²) in [4.78, 5) is 8.68. The lowest BCUT2D eigenvalue weighted by atomic mass is 10.3. The Kier molecular flexibility index (Phi) is 1.80. The Morgan fingerprint density at radius 2 is 2.13 bits per heavy atom. The van der Waals surface area contributed by atoms with Gasteiger partial charge in [0.15, 0.2) is 5.82 Å². The van der Waals surface area contributed by atoms with Crippen molar-refractivity contribution in [2.45, 2.75) is 25.7 Å². The molecule has 0 N–H and O–H groups in total. The molecule has 76 valence electrons. The summed E-state index contributed by atoms with van der Waals surface area (Å²) >= 11 is 0. The zero-order chi connectivity index (χ0) is 10.3. The van der Waals surface area contributed by atoms with Crippen molar-refractivity contribution in [2.75, 3.05) is 0 Å². The molecule has 0 atom stereocenters. The standard InChI is InChI=1S/C11H11N3O/c1-7-3-2-4-9(12-7)11-13-10(14-15-11)8-5-6-8/h2-4,8H,5-6H2,1H3. The molecule has 4 heteroatoms. The fourth-order valence-electron chi connectivity index (χ4n) is 1.51. The lowest BCUT2D eigenvalue weighted by Gasteiger charge is -1.93. The molecule has 0 saturated heterocycles. The number of hydrogen-bond donors (Lipinski definition) is 0. The fraction of sp³-hybridized carbons (Fsp3) is 0.364. The minimum absolute atomic E-state index is 0.521. The SMILES string of the molecule is Cc1cccc(-c2nc(C3CC3)no2)n1. The highest BCUT2D eigenvalue weighted by Gasteiger charge is 2.29. The molecule has 2 aromatic rings. The molecule has 1 fully saturated rings. The number of aryl methyl sites for hydroxylation is 1. The van der Waals surface area contributed by atoms with E-state index < -0.39 is 0 Å². The van der Waals surface area contributed by atoms with Crippen LogP contribution in [0.1, 0.15) is 30.3 Å². The Morgan fingerprint density at radius 3 is 2.87 bits per heavy atom. The second-order valence-corrected chi connectivity index (χ2v) is 3.90. The summed E-state index contributed by atoms with van der Waals surface area (Å²) < 4.78 is 5.18. The summed E-state index contributed by atoms with van der Waals surface area (Å²) in [5.41, 5.74) is 1.72. The van der Waals surface area contributed by atoms with Gasteiger partial charge in [-0.25, -0.2) is 4.98 Å². The van der Waals surface area contributed by atoms with Gasteiger partial charge in [0.25, 0.3) is 5.89 Å². The Bertz CT molecular complexity index is 488. The van der Waals surface area contributed by atoms with Gasteiger partial charge < -0.3 is 4.52 Å². The summed E-state index contributed by atoms with van der Waals surface area (Å²) in [5, 5.41) is 3.96. The van der Waals surface area contributed by atoms with Crippen LogP contribution in [0.5, 0.6) is 0 Å². The normalized spacial score (nSPS) is 15.5. The van der Waals surface area contributed by atoms with Crippen molar-refractivity contribution < 1.29 is 4.52 Å². The van der Waals surface area contributed by atoms with Crippen molar-refractivity contribution in [1.82, 2.24) is 15.1 Å². The minimum Gasteiger partial charge on any atom is -0.332 e. The van der Waals surface area contributed by atoms with Gasteiger partial charge in [0.2, 0.25) is 0 Å². The molecular weight excluding hydrogens is 190 g/mol. The predicted molar refractivity (Wildman–Crippen MR) is 54.2 cm³/mol. The van der Waals surface area contributed by atoms with E-state index in [0.29, 0.717) is 11.8 Å². The van der Waals surface area contributed by atoms with Crippen LogP contribution in [0.2, 0.25) is 0 Å². The molecule has 0 spiro atoms. The Morgan fingerprint density at radius 1 is 1.27 bits per heavy atom. The molecular formula is C11H11N3O. The molecule has 1 aliphatic rings. The summed E-state index contributed by atoms with van der Waals surface area (Å²) in [6.45, 7) is 1.95. The molecule has 15 heavy (non-hydrogen) atoms. The van der Waals surface area contributed by atoms with Crippen molar-refractivity contribution in [2.24, 2.45) is 0 Å². The van der Waals surface area contributed by atoms with Gasteiger partial charge in [-0.3, -0.25) is 0 Å². The Balaban J connectivity index is 1.97. The van der Waals surface area contributed by atoms with E-state index in [9.17, 15) is 0 Å². The van der Waals surface area contributed by atoms with Crippen LogP contribution in [-0.2, 0) is 0 Å². The number of nitrogens with zero attached hydrogens (tertiary/aromatic N) is 3. The summed E-state index contributed by atoms with van der Waals surface area (Å²) in [6, 6.07) is 5.78. The lowest BCUT2D eigenvalue weighted by Crippen LogP contribution is -1.87. The van der Waals surface area contributed by atoms with Crippen LogP contribution in [0.25, 0.3) is 11.6 Å². The molecule has 0 radical (unpaired) electrons. The molecule has 4 nitrogen and oxygen atoms in total. The highest BCUT2D eigenvalue weighted by Crippen LogP contribution is 2.38. The van der Waals surface area contributed by atoms with Crippen molar-refractivity contribution in [1.29, 1.82) is 0 Å². The van der Waals surface area contributed by atoms with Crippen LogP contribution in [-0.4, -0.2) is 15.1 Å². The largest absolute Gasteiger partial charge is 0.332 e. The monoisotopic (exact) mass is 201 g/mol. The van der Waals surface area contributed by atoms with Crippen LogP contribution in [0.4, 0.5) is 0 Å². The topological polar surface area (TPSA) is 51.8 Å². The van der Waals surface area contributed by atoms with Gasteiger partial charge in [0.05, 0.1) is 0 Å². The number of rotatable bonds is 2. The van der Waals surface area contributed by atoms with Gasteiger partial charge in [-0.1, -0.05) is 11.2 Å². The highest BCUT2D eigenvalue weighted by atomic mass is 16.5. The van der Waals surface area contributed by atoms with Crippen molar-refractivity contribution in [3.8, 4) is 11.6 Å². The third-order valence-electron chi connectivity index (χ3n) is 2.49. The molecule has 0 amide bonds. The Hall–Kier alpha value is -1.71. The van der Waals surface area contributed by atoms with Crippen molar-refractivity contribution in [3.05, 3.63) is 29.7 Å². The average Bonchev–Trinajstić information content (AvgIpc) is 2.97. The van der Waals surface area contributed by atoms with E-state index in [1.165, 1.54) is 12.8 Å². The zero-order valence-electron chi connectivity index (χ0n) is 8.47. The maximum atomic E-state index is 5.18. The fourth-order valence-corrected chi connectivity index (χ4v) is 1.51. The predicted octanol–water partition coefficient (Wildman–Crippen LogP) is 2.32. The molecule has 0 aliphatic heterocycles. The number of pyridine rings is 1. The molecule has 0 unspecified atom stereocenters. The van der Waals surface area contributed by atoms with E-state index in [0.717, 1.165) is 17.2 Å². The molecule has 0 aromatic carbocycles. The van der Waals surface area contributed by atoms with E-state index in [1.54, 1.807) is 0 Å². The summed E-state index contributed by atoms with van der Waals surface area (Å²) in [6.07, 6.45) is 2.36. The Labute approximate surface area is 87.3 Å². The number of hydrogen-bond acceptors (Lipinski definition) is 4. The van der Waals surface area contributed by atoms with Crippen LogP contribution in [0.3, 0.4) is 0 Å². The van der Waals surface area contributed by atoms with Crippen LogP contribution < -0.4 is 0 Å². The summed E-state index contributed by atoms with van der Waals surface area (Å²) in [5.74, 6) is 1.88. The van der Waals surface area contributed by atoms with E-state index in [2.05, 4.69) is 15.1 Å². The van der Waals surface area contributed by atoms with Crippen LogP contribution in [0, 0.1) is 6.92 Å².